The van der Waals surface area contributed by atoms with Crippen LogP contribution in [0.5, 0.6) is 0 Å². The van der Waals surface area contributed by atoms with E-state index in [0.717, 1.165) is 0 Å². The molecule has 3 unspecified atom stereocenters. The van der Waals surface area contributed by atoms with Gasteiger partial charge in [0.1, 0.15) is 0 Å². The molecule has 0 N–H and O–H groups in total. The van der Waals surface area contributed by atoms with E-state index in [2.05, 4.69) is 123 Å². The topological polar surface area (TPSA) is 0 Å². The number of rotatable bonds is 8. The van der Waals surface area contributed by atoms with Crippen molar-refractivity contribution < 1.29 is 0 Å². The summed E-state index contributed by atoms with van der Waals surface area (Å²) < 4.78 is 0. The highest BCUT2D eigenvalue weighted by molar-refractivity contribution is 5.59. The van der Waals surface area contributed by atoms with Gasteiger partial charge >= 0.3 is 0 Å². The summed E-state index contributed by atoms with van der Waals surface area (Å²) in [6, 6.07) is 33.6. The van der Waals surface area contributed by atoms with E-state index in [1.807, 2.05) is 0 Å². The Morgan fingerprint density at radius 3 is 1.69 bits per heavy atom. The molecule has 1 fully saturated rings. The van der Waals surface area contributed by atoms with Crippen molar-refractivity contribution in [3.63, 3.8) is 0 Å². The molecule has 3 atom stereocenters. The third-order valence-corrected chi connectivity index (χ3v) is 7.95. The minimum absolute atomic E-state index is 0.0745. The van der Waals surface area contributed by atoms with E-state index >= 15 is 0 Å². The molecule has 3 aromatic rings. The Morgan fingerprint density at radius 2 is 1.28 bits per heavy atom. The molecular weight excluding hydrogens is 384 g/mol. The van der Waals surface area contributed by atoms with Crippen molar-refractivity contribution >= 4 is 0 Å². The smallest absolute Gasteiger partial charge is 0.0547 e. The number of allylic oxidation sites excluding steroid dienone is 4. The lowest BCUT2D eigenvalue weighted by atomic mass is 9.58. The summed E-state index contributed by atoms with van der Waals surface area (Å²) in [5, 5.41) is 0. The lowest BCUT2D eigenvalue weighted by molar-refractivity contribution is 0.401. The third kappa shape index (κ3) is 3.20. The Kier molecular flexibility index (Phi) is 5.64. The number of fused-ring (bicyclic) bond motifs is 1. The van der Waals surface area contributed by atoms with E-state index in [-0.39, 0.29) is 10.8 Å². The standard InChI is InChI=1S/C32H34/c1-3-14-25(4-2)26-21-22-31(24-30(31)23-26)32(27-15-8-5-9-16-27,28-17-10-6-11-18-28)29-19-12-7-13-20-29/h5-13,15-23,25,30H,3-4,14,24H2,1-2H3. The van der Waals surface area contributed by atoms with Crippen LogP contribution in [-0.4, -0.2) is 0 Å². The van der Waals surface area contributed by atoms with E-state index < -0.39 is 0 Å². The van der Waals surface area contributed by atoms with Crippen molar-refractivity contribution in [2.24, 2.45) is 17.3 Å². The van der Waals surface area contributed by atoms with Crippen molar-refractivity contribution in [1.29, 1.82) is 0 Å². The Morgan fingerprint density at radius 1 is 0.781 bits per heavy atom. The van der Waals surface area contributed by atoms with Crippen LogP contribution in [0, 0.1) is 17.3 Å². The maximum absolute atomic E-state index is 2.63. The van der Waals surface area contributed by atoms with E-state index in [4.69, 9.17) is 0 Å². The van der Waals surface area contributed by atoms with Crippen molar-refractivity contribution in [1.82, 2.24) is 0 Å². The van der Waals surface area contributed by atoms with Crippen LogP contribution < -0.4 is 0 Å². The van der Waals surface area contributed by atoms with Crippen LogP contribution >= 0.6 is 0 Å². The molecular formula is C32H34. The number of hydrogen-bond acceptors (Lipinski definition) is 0. The van der Waals surface area contributed by atoms with Gasteiger partial charge in [-0.25, -0.2) is 0 Å². The minimum Gasteiger partial charge on any atom is -0.0770 e. The van der Waals surface area contributed by atoms with Gasteiger partial charge in [-0.2, -0.15) is 0 Å². The largest absolute Gasteiger partial charge is 0.0770 e. The predicted molar refractivity (Wildman–Crippen MR) is 136 cm³/mol. The highest BCUT2D eigenvalue weighted by Crippen LogP contribution is 2.71. The van der Waals surface area contributed by atoms with Gasteiger partial charge in [0.15, 0.2) is 0 Å². The molecule has 2 aliphatic rings. The van der Waals surface area contributed by atoms with Crippen LogP contribution in [0.15, 0.2) is 115 Å². The molecule has 5 rings (SSSR count). The van der Waals surface area contributed by atoms with Gasteiger partial charge in [0.2, 0.25) is 0 Å². The van der Waals surface area contributed by atoms with Crippen LogP contribution in [0.2, 0.25) is 0 Å². The second-order valence-corrected chi connectivity index (χ2v) is 9.59. The zero-order chi connectivity index (χ0) is 22.0. The average molecular weight is 419 g/mol. The third-order valence-electron chi connectivity index (χ3n) is 7.95. The van der Waals surface area contributed by atoms with Crippen LogP contribution in [0.3, 0.4) is 0 Å². The SMILES string of the molecule is CCCC(CC)C1=CC2CC2(C(c2ccccc2)(c2ccccc2)c2ccccc2)C=C1. The molecule has 0 heteroatoms. The van der Waals surface area contributed by atoms with Crippen molar-refractivity contribution in [3.8, 4) is 0 Å². The molecule has 32 heavy (non-hydrogen) atoms. The molecule has 3 aromatic carbocycles. The first kappa shape index (κ1) is 21.0. The van der Waals surface area contributed by atoms with E-state index in [1.54, 1.807) is 5.57 Å². The first-order valence-corrected chi connectivity index (χ1v) is 12.3. The van der Waals surface area contributed by atoms with Crippen LogP contribution in [0.1, 0.15) is 56.2 Å². The Hall–Kier alpha value is -2.86. The summed E-state index contributed by atoms with van der Waals surface area (Å²) in [7, 11) is 0. The van der Waals surface area contributed by atoms with Gasteiger partial charge in [-0.05, 0) is 53.4 Å². The van der Waals surface area contributed by atoms with Gasteiger partial charge in [-0.15, -0.1) is 0 Å². The summed E-state index contributed by atoms with van der Waals surface area (Å²) in [6.07, 6.45) is 12.7. The molecule has 162 valence electrons. The second-order valence-electron chi connectivity index (χ2n) is 9.59. The molecule has 0 aromatic heterocycles. The van der Waals surface area contributed by atoms with Gasteiger partial charge in [-0.1, -0.05) is 129 Å². The fourth-order valence-corrected chi connectivity index (χ4v) is 6.39. The molecule has 0 spiro atoms. The minimum atomic E-state index is -0.202. The molecule has 0 amide bonds. The van der Waals surface area contributed by atoms with Crippen molar-refractivity contribution in [3.05, 3.63) is 131 Å². The fraction of sp³-hybridized carbons (Fsp3) is 0.312. The van der Waals surface area contributed by atoms with Gasteiger partial charge < -0.3 is 0 Å². The maximum Gasteiger partial charge on any atom is 0.0547 e. The normalized spacial score (nSPS) is 22.7. The van der Waals surface area contributed by atoms with Gasteiger partial charge in [0.25, 0.3) is 0 Å². The van der Waals surface area contributed by atoms with Crippen molar-refractivity contribution in [2.75, 3.05) is 0 Å². The highest BCUT2D eigenvalue weighted by Gasteiger charge is 2.66. The predicted octanol–water partition coefficient (Wildman–Crippen LogP) is 8.35. The zero-order valence-corrected chi connectivity index (χ0v) is 19.4. The molecule has 0 aliphatic heterocycles. The maximum atomic E-state index is 2.63. The van der Waals surface area contributed by atoms with Gasteiger partial charge in [-0.3, -0.25) is 0 Å². The van der Waals surface area contributed by atoms with Crippen LogP contribution in [0.25, 0.3) is 0 Å². The summed E-state index contributed by atoms with van der Waals surface area (Å²) in [4.78, 5) is 0. The summed E-state index contributed by atoms with van der Waals surface area (Å²) in [5.74, 6) is 1.27. The molecule has 1 saturated carbocycles. The molecule has 0 bridgehead atoms. The Balaban J connectivity index is 1.72. The summed E-state index contributed by atoms with van der Waals surface area (Å²) >= 11 is 0. The molecule has 0 nitrogen and oxygen atoms in total. The van der Waals surface area contributed by atoms with E-state index in [9.17, 15) is 0 Å². The number of hydrogen-bond donors (Lipinski definition) is 0. The quantitative estimate of drug-likeness (QED) is 0.322. The average Bonchev–Trinajstić information content (AvgIpc) is 3.60. The monoisotopic (exact) mass is 418 g/mol. The second kappa shape index (κ2) is 8.58. The molecule has 2 aliphatic carbocycles. The molecule has 0 saturated heterocycles. The zero-order valence-electron chi connectivity index (χ0n) is 19.4. The van der Waals surface area contributed by atoms with E-state index in [1.165, 1.54) is 42.4 Å². The van der Waals surface area contributed by atoms with E-state index in [0.29, 0.717) is 11.8 Å². The summed E-state index contributed by atoms with van der Waals surface area (Å²) in [6.45, 7) is 4.65. The highest BCUT2D eigenvalue weighted by atomic mass is 14.7. The summed E-state index contributed by atoms with van der Waals surface area (Å²) in [5.41, 5.74) is 5.61. The van der Waals surface area contributed by atoms with Gasteiger partial charge in [0.05, 0.1) is 5.41 Å². The molecule has 0 radical (unpaired) electrons. The fourth-order valence-electron chi connectivity index (χ4n) is 6.39. The van der Waals surface area contributed by atoms with Crippen LogP contribution in [0.4, 0.5) is 0 Å². The lowest BCUT2D eigenvalue weighted by Gasteiger charge is -2.44. The Labute approximate surface area is 193 Å². The van der Waals surface area contributed by atoms with Crippen LogP contribution in [-0.2, 0) is 5.41 Å². The first-order valence-electron chi connectivity index (χ1n) is 12.3. The molecule has 0 heterocycles. The number of benzene rings is 3. The Bertz CT molecular complexity index is 994. The van der Waals surface area contributed by atoms with Crippen molar-refractivity contribution in [2.45, 2.75) is 44.9 Å². The lowest BCUT2D eigenvalue weighted by Crippen LogP contribution is -2.40. The first-order chi connectivity index (χ1) is 15.8. The van der Waals surface area contributed by atoms with Gasteiger partial charge in [0, 0.05) is 5.41 Å².